The second-order valence-corrected chi connectivity index (χ2v) is 8.58. The van der Waals surface area contributed by atoms with Gasteiger partial charge in [-0.25, -0.2) is 0 Å². The molecule has 1 atom stereocenters. The van der Waals surface area contributed by atoms with Gasteiger partial charge >= 0.3 is 0 Å². The van der Waals surface area contributed by atoms with Gasteiger partial charge in [-0.3, -0.25) is 0 Å². The Morgan fingerprint density at radius 2 is 1.52 bits per heavy atom. The van der Waals surface area contributed by atoms with Gasteiger partial charge in [0, 0.05) is 38.6 Å². The van der Waals surface area contributed by atoms with Crippen LogP contribution in [-0.4, -0.2) is 48.3 Å². The summed E-state index contributed by atoms with van der Waals surface area (Å²) in [4.78, 5) is 2.50. The van der Waals surface area contributed by atoms with Crippen molar-refractivity contribution in [3.8, 4) is 17.2 Å². The van der Waals surface area contributed by atoms with Crippen LogP contribution >= 0.6 is 0 Å². The van der Waals surface area contributed by atoms with E-state index in [4.69, 9.17) is 5.26 Å². The van der Waals surface area contributed by atoms with Gasteiger partial charge in [0.2, 0.25) is 0 Å². The van der Waals surface area contributed by atoms with Crippen molar-refractivity contribution in [2.45, 2.75) is 43.6 Å². The lowest BCUT2D eigenvalue weighted by Gasteiger charge is -2.42. The Kier molecular flexibility index (Phi) is 6.30. The van der Waals surface area contributed by atoms with Gasteiger partial charge in [-0.05, 0) is 41.7 Å². The van der Waals surface area contributed by atoms with Crippen molar-refractivity contribution in [1.29, 1.82) is 5.26 Å². The lowest BCUT2D eigenvalue weighted by Crippen LogP contribution is -2.49. The van der Waals surface area contributed by atoms with Gasteiger partial charge < -0.3 is 15.3 Å². The molecule has 0 spiro atoms. The van der Waals surface area contributed by atoms with E-state index in [1.54, 1.807) is 0 Å². The van der Waals surface area contributed by atoms with Crippen LogP contribution in [-0.2, 0) is 0 Å². The number of nitrogens with zero attached hydrogens (tertiary/aromatic N) is 2. The first kappa shape index (κ1) is 20.1. The van der Waals surface area contributed by atoms with Crippen LogP contribution in [0.2, 0.25) is 0 Å². The Morgan fingerprint density at radius 3 is 2.10 bits per heavy atom. The molecule has 1 saturated carbocycles. The van der Waals surface area contributed by atoms with Crippen molar-refractivity contribution in [2.24, 2.45) is 0 Å². The average molecular weight is 390 g/mol. The highest BCUT2D eigenvalue weighted by atomic mass is 16.3. The third-order valence-electron chi connectivity index (χ3n) is 6.68. The number of hydrogen-bond donors (Lipinski definition) is 2. The summed E-state index contributed by atoms with van der Waals surface area (Å²) in [5.41, 5.74) is 3.59. The molecule has 0 radical (unpaired) electrons. The standard InChI is InChI=1S/C25H31N3O/c26-18-20-4-6-21(7-5-20)22-8-10-23(11-9-22)24(19-28-16-14-27-15-17-28)25(29)12-2-1-3-13-25/h4-11,24,27,29H,1-3,12-17,19H2. The predicted molar refractivity (Wildman–Crippen MR) is 117 cm³/mol. The van der Waals surface area contributed by atoms with Crippen molar-refractivity contribution < 1.29 is 5.11 Å². The van der Waals surface area contributed by atoms with Crippen molar-refractivity contribution in [1.82, 2.24) is 10.2 Å². The molecule has 1 unspecified atom stereocenters. The number of nitriles is 1. The fourth-order valence-electron chi connectivity index (χ4n) is 4.90. The quantitative estimate of drug-likeness (QED) is 0.814. The van der Waals surface area contributed by atoms with Crippen molar-refractivity contribution in [2.75, 3.05) is 32.7 Å². The highest BCUT2D eigenvalue weighted by Crippen LogP contribution is 2.41. The van der Waals surface area contributed by atoms with E-state index in [0.29, 0.717) is 5.56 Å². The molecule has 1 aliphatic heterocycles. The van der Waals surface area contributed by atoms with Gasteiger partial charge in [0.1, 0.15) is 0 Å². The summed E-state index contributed by atoms with van der Waals surface area (Å²) in [6.45, 7) is 5.09. The second-order valence-electron chi connectivity index (χ2n) is 8.58. The van der Waals surface area contributed by atoms with E-state index in [1.807, 2.05) is 24.3 Å². The Hall–Kier alpha value is -2.19. The molecule has 0 amide bonds. The molecule has 2 aromatic carbocycles. The lowest BCUT2D eigenvalue weighted by atomic mass is 9.72. The molecule has 1 heterocycles. The normalized spacial score (nSPS) is 20.7. The fraction of sp³-hybridized carbons (Fsp3) is 0.480. The van der Waals surface area contributed by atoms with Gasteiger partial charge in [0.15, 0.2) is 0 Å². The number of benzene rings is 2. The average Bonchev–Trinajstić information content (AvgIpc) is 2.79. The Balaban J connectivity index is 1.58. The van der Waals surface area contributed by atoms with Crippen LogP contribution < -0.4 is 5.32 Å². The van der Waals surface area contributed by atoms with E-state index in [-0.39, 0.29) is 5.92 Å². The monoisotopic (exact) mass is 389 g/mol. The first-order chi connectivity index (χ1) is 14.2. The largest absolute Gasteiger partial charge is 0.389 e. The number of nitrogens with one attached hydrogen (secondary N) is 1. The van der Waals surface area contributed by atoms with Crippen LogP contribution in [0, 0.1) is 11.3 Å². The second kappa shape index (κ2) is 9.09. The van der Waals surface area contributed by atoms with Crippen LogP contribution in [0.1, 0.15) is 49.1 Å². The maximum atomic E-state index is 11.6. The van der Waals surface area contributed by atoms with E-state index in [9.17, 15) is 5.11 Å². The summed E-state index contributed by atoms with van der Waals surface area (Å²) in [6, 6.07) is 18.6. The number of rotatable bonds is 5. The molecular weight excluding hydrogens is 358 g/mol. The van der Waals surface area contributed by atoms with Crippen LogP contribution in [0.5, 0.6) is 0 Å². The molecule has 0 bridgehead atoms. The van der Waals surface area contributed by atoms with Gasteiger partial charge in [-0.2, -0.15) is 5.26 Å². The first-order valence-electron chi connectivity index (χ1n) is 10.9. The molecule has 152 valence electrons. The molecule has 2 aromatic rings. The van der Waals surface area contributed by atoms with Crippen LogP contribution in [0.25, 0.3) is 11.1 Å². The molecule has 29 heavy (non-hydrogen) atoms. The molecule has 2 fully saturated rings. The molecule has 4 nitrogen and oxygen atoms in total. The molecule has 4 heteroatoms. The summed E-state index contributed by atoms with van der Waals surface area (Å²) >= 11 is 0. The third kappa shape index (κ3) is 4.70. The number of hydrogen-bond acceptors (Lipinski definition) is 4. The van der Waals surface area contributed by atoms with Crippen molar-refractivity contribution >= 4 is 0 Å². The molecule has 1 saturated heterocycles. The minimum Gasteiger partial charge on any atom is -0.389 e. The summed E-state index contributed by atoms with van der Waals surface area (Å²) in [5, 5.41) is 24.0. The van der Waals surface area contributed by atoms with Gasteiger partial charge in [-0.15, -0.1) is 0 Å². The van der Waals surface area contributed by atoms with Crippen LogP contribution in [0.15, 0.2) is 48.5 Å². The summed E-state index contributed by atoms with van der Waals surface area (Å²) in [5.74, 6) is 0.149. The minimum absolute atomic E-state index is 0.149. The SMILES string of the molecule is N#Cc1ccc(-c2ccc(C(CN3CCNCC3)C3(O)CCCCC3)cc2)cc1. The summed E-state index contributed by atoms with van der Waals surface area (Å²) < 4.78 is 0. The van der Waals surface area contributed by atoms with E-state index in [1.165, 1.54) is 12.0 Å². The summed E-state index contributed by atoms with van der Waals surface area (Å²) in [7, 11) is 0. The molecule has 2 N–H and O–H groups in total. The lowest BCUT2D eigenvalue weighted by molar-refractivity contribution is -0.0316. The van der Waals surface area contributed by atoms with Crippen LogP contribution in [0.3, 0.4) is 0 Å². The van der Waals surface area contributed by atoms with Crippen LogP contribution in [0.4, 0.5) is 0 Å². The van der Waals surface area contributed by atoms with Crippen molar-refractivity contribution in [3.05, 3.63) is 59.7 Å². The Bertz CT molecular complexity index is 826. The Labute approximate surface area is 174 Å². The zero-order chi connectivity index (χ0) is 20.1. The molecule has 0 aromatic heterocycles. The molecule has 2 aliphatic rings. The number of aliphatic hydroxyl groups is 1. The van der Waals surface area contributed by atoms with Gasteiger partial charge in [-0.1, -0.05) is 55.7 Å². The minimum atomic E-state index is -0.598. The Morgan fingerprint density at radius 1 is 0.931 bits per heavy atom. The smallest absolute Gasteiger partial charge is 0.0991 e. The van der Waals surface area contributed by atoms with E-state index < -0.39 is 5.60 Å². The molecular formula is C25H31N3O. The summed E-state index contributed by atoms with van der Waals surface area (Å²) in [6.07, 6.45) is 5.29. The highest BCUT2D eigenvalue weighted by Gasteiger charge is 2.39. The number of piperazine rings is 1. The zero-order valence-electron chi connectivity index (χ0n) is 17.1. The maximum Gasteiger partial charge on any atom is 0.0991 e. The van der Waals surface area contributed by atoms with E-state index in [0.717, 1.165) is 69.5 Å². The third-order valence-corrected chi connectivity index (χ3v) is 6.68. The fourth-order valence-corrected chi connectivity index (χ4v) is 4.90. The topological polar surface area (TPSA) is 59.3 Å². The van der Waals surface area contributed by atoms with E-state index >= 15 is 0 Å². The zero-order valence-corrected chi connectivity index (χ0v) is 17.1. The van der Waals surface area contributed by atoms with Gasteiger partial charge in [0.25, 0.3) is 0 Å². The predicted octanol–water partition coefficient (Wildman–Crippen LogP) is 3.91. The molecule has 4 rings (SSSR count). The highest BCUT2D eigenvalue weighted by molar-refractivity contribution is 5.64. The maximum absolute atomic E-state index is 11.6. The van der Waals surface area contributed by atoms with Gasteiger partial charge in [0.05, 0.1) is 17.2 Å². The molecule has 1 aliphatic carbocycles. The first-order valence-corrected chi connectivity index (χ1v) is 10.9. The van der Waals surface area contributed by atoms with E-state index in [2.05, 4.69) is 40.6 Å². The van der Waals surface area contributed by atoms with Crippen molar-refractivity contribution in [3.63, 3.8) is 0 Å².